The number of hydrogen-bond donors (Lipinski definition) is 1. The zero-order chi connectivity index (χ0) is 8.97. The van der Waals surface area contributed by atoms with E-state index in [-0.39, 0.29) is 6.42 Å². The van der Waals surface area contributed by atoms with Crippen molar-refractivity contribution in [2.75, 3.05) is 0 Å². The van der Waals surface area contributed by atoms with Crippen LogP contribution in [-0.4, -0.2) is 5.91 Å². The first kappa shape index (κ1) is 9.11. The van der Waals surface area contributed by atoms with Crippen LogP contribution in [0.15, 0.2) is 11.4 Å². The Morgan fingerprint density at radius 2 is 2.50 bits per heavy atom. The smallest absolute Gasteiger partial charge is 0.229 e. The van der Waals surface area contributed by atoms with Crippen LogP contribution < -0.4 is 5.73 Å². The predicted molar refractivity (Wildman–Crippen MR) is 50.0 cm³/mol. The van der Waals surface area contributed by atoms with Crippen molar-refractivity contribution >= 4 is 28.8 Å². The number of amides is 1. The van der Waals surface area contributed by atoms with Crippen LogP contribution in [-0.2, 0) is 4.79 Å². The van der Waals surface area contributed by atoms with E-state index in [9.17, 15) is 4.79 Å². The molecule has 0 spiro atoms. The molecule has 1 amide bonds. The van der Waals surface area contributed by atoms with Crippen LogP contribution in [0.3, 0.4) is 0 Å². The summed E-state index contributed by atoms with van der Waals surface area (Å²) < 4.78 is 0.645. The number of carbonyl (C=O) groups is 1. The molecule has 12 heavy (non-hydrogen) atoms. The molecular weight excluding hydrogens is 194 g/mol. The van der Waals surface area contributed by atoms with Crippen LogP contribution >= 0.6 is 22.9 Å². The van der Waals surface area contributed by atoms with Gasteiger partial charge in [-0.3, -0.25) is 4.79 Å². The number of rotatable bonds is 1. The Bertz CT molecular complexity index is 347. The third kappa shape index (κ3) is 2.57. The summed E-state index contributed by atoms with van der Waals surface area (Å²) in [5.41, 5.74) is 5.65. The van der Waals surface area contributed by atoms with Gasteiger partial charge in [0.25, 0.3) is 0 Å². The molecule has 0 fully saturated rings. The van der Waals surface area contributed by atoms with E-state index in [0.717, 1.165) is 5.56 Å². The fraction of sp³-hybridized carbons (Fsp3) is 0.125. The van der Waals surface area contributed by atoms with Crippen LogP contribution in [0.1, 0.15) is 12.0 Å². The Morgan fingerprint density at radius 1 is 1.75 bits per heavy atom. The number of halogens is 1. The lowest BCUT2D eigenvalue weighted by Crippen LogP contribution is -2.08. The lowest BCUT2D eigenvalue weighted by Gasteiger charge is -1.82. The van der Waals surface area contributed by atoms with Gasteiger partial charge in [-0.05, 0) is 11.4 Å². The number of thiophene rings is 1. The molecule has 0 aliphatic heterocycles. The summed E-state index contributed by atoms with van der Waals surface area (Å²) in [5.74, 6) is 4.96. The Morgan fingerprint density at radius 3 is 3.00 bits per heavy atom. The van der Waals surface area contributed by atoms with E-state index in [0.29, 0.717) is 4.34 Å². The lowest BCUT2D eigenvalue weighted by molar-refractivity contribution is -0.117. The van der Waals surface area contributed by atoms with Gasteiger partial charge in [0.2, 0.25) is 5.91 Å². The first-order chi connectivity index (χ1) is 5.70. The van der Waals surface area contributed by atoms with Crippen LogP contribution in [0, 0.1) is 11.8 Å². The van der Waals surface area contributed by atoms with E-state index < -0.39 is 5.91 Å². The minimum absolute atomic E-state index is 0.0756. The zero-order valence-electron chi connectivity index (χ0n) is 6.13. The van der Waals surface area contributed by atoms with Gasteiger partial charge in [-0.25, -0.2) is 0 Å². The molecular formula is C8H6ClNOS. The van der Waals surface area contributed by atoms with E-state index in [1.807, 2.05) is 5.38 Å². The minimum Gasteiger partial charge on any atom is -0.369 e. The van der Waals surface area contributed by atoms with Crippen LogP contribution in [0.25, 0.3) is 0 Å². The number of hydrogen-bond acceptors (Lipinski definition) is 2. The average molecular weight is 200 g/mol. The van der Waals surface area contributed by atoms with Gasteiger partial charge in [0, 0.05) is 0 Å². The van der Waals surface area contributed by atoms with E-state index in [2.05, 4.69) is 11.8 Å². The normalized spacial score (nSPS) is 8.75. The van der Waals surface area contributed by atoms with E-state index in [1.54, 1.807) is 6.07 Å². The van der Waals surface area contributed by atoms with Gasteiger partial charge in [-0.15, -0.1) is 11.3 Å². The Kier molecular flexibility index (Phi) is 3.15. The second-order valence-electron chi connectivity index (χ2n) is 2.05. The van der Waals surface area contributed by atoms with Gasteiger partial charge in [0.05, 0.1) is 12.0 Å². The molecule has 0 atom stereocenters. The van der Waals surface area contributed by atoms with Crippen LogP contribution in [0.2, 0.25) is 4.34 Å². The Labute approximate surface area is 79.3 Å². The molecule has 0 saturated heterocycles. The maximum absolute atomic E-state index is 10.3. The van der Waals surface area contributed by atoms with Gasteiger partial charge in [0.15, 0.2) is 0 Å². The molecule has 0 aromatic carbocycles. The monoisotopic (exact) mass is 199 g/mol. The molecule has 0 radical (unpaired) electrons. The molecule has 4 heteroatoms. The van der Waals surface area contributed by atoms with E-state index >= 15 is 0 Å². The van der Waals surface area contributed by atoms with Crippen molar-refractivity contribution in [2.24, 2.45) is 5.73 Å². The van der Waals surface area contributed by atoms with Crippen molar-refractivity contribution in [3.63, 3.8) is 0 Å². The summed E-state index contributed by atoms with van der Waals surface area (Å²) in [4.78, 5) is 10.3. The maximum Gasteiger partial charge on any atom is 0.229 e. The molecule has 2 N–H and O–H groups in total. The molecule has 1 aromatic rings. The zero-order valence-corrected chi connectivity index (χ0v) is 7.71. The van der Waals surface area contributed by atoms with Gasteiger partial charge in [-0.1, -0.05) is 23.4 Å². The summed E-state index contributed by atoms with van der Waals surface area (Å²) >= 11 is 7.16. The molecule has 0 bridgehead atoms. The molecule has 0 aliphatic carbocycles. The van der Waals surface area contributed by atoms with Gasteiger partial charge < -0.3 is 5.73 Å². The highest BCUT2D eigenvalue weighted by Gasteiger charge is 1.95. The third-order valence-electron chi connectivity index (χ3n) is 1.10. The van der Waals surface area contributed by atoms with Crippen molar-refractivity contribution < 1.29 is 4.79 Å². The lowest BCUT2D eigenvalue weighted by atomic mass is 10.3. The molecule has 62 valence electrons. The fourth-order valence-electron chi connectivity index (χ4n) is 0.608. The molecule has 0 unspecified atom stereocenters. The molecule has 1 aromatic heterocycles. The molecule has 2 nitrogen and oxygen atoms in total. The van der Waals surface area contributed by atoms with Gasteiger partial charge in [0.1, 0.15) is 4.34 Å². The topological polar surface area (TPSA) is 43.1 Å². The van der Waals surface area contributed by atoms with Crippen molar-refractivity contribution in [1.82, 2.24) is 0 Å². The Hall–Kier alpha value is -0.980. The summed E-state index contributed by atoms with van der Waals surface area (Å²) in [5, 5.41) is 1.84. The minimum atomic E-state index is -0.422. The van der Waals surface area contributed by atoms with Crippen molar-refractivity contribution in [3.05, 3.63) is 21.3 Å². The van der Waals surface area contributed by atoms with E-state index in [1.165, 1.54) is 11.3 Å². The van der Waals surface area contributed by atoms with E-state index in [4.69, 9.17) is 17.3 Å². The maximum atomic E-state index is 10.3. The second kappa shape index (κ2) is 4.15. The van der Waals surface area contributed by atoms with Crippen LogP contribution in [0.4, 0.5) is 0 Å². The molecule has 1 heterocycles. The molecule has 0 saturated carbocycles. The average Bonchev–Trinajstić information content (AvgIpc) is 2.36. The number of carbonyl (C=O) groups excluding carboxylic acids is 1. The fourth-order valence-corrected chi connectivity index (χ4v) is 1.44. The first-order valence-corrected chi connectivity index (χ1v) is 4.46. The first-order valence-electron chi connectivity index (χ1n) is 3.20. The highest BCUT2D eigenvalue weighted by Crippen LogP contribution is 2.21. The van der Waals surface area contributed by atoms with Crippen molar-refractivity contribution in [3.8, 4) is 11.8 Å². The van der Waals surface area contributed by atoms with Crippen molar-refractivity contribution in [2.45, 2.75) is 6.42 Å². The standard InChI is InChI=1S/C8H6ClNOS/c9-8-6(4-5-12-8)2-1-3-7(10)11/h4-5H,3H2,(H2,10,11). The third-order valence-corrected chi connectivity index (χ3v) is 2.27. The van der Waals surface area contributed by atoms with Crippen molar-refractivity contribution in [1.29, 1.82) is 0 Å². The highest BCUT2D eigenvalue weighted by atomic mass is 35.5. The summed E-state index contributed by atoms with van der Waals surface area (Å²) in [6.45, 7) is 0. The Balaban J connectivity index is 2.67. The molecule has 1 rings (SSSR count). The number of nitrogens with two attached hydrogens (primary N) is 1. The summed E-state index contributed by atoms with van der Waals surface area (Å²) in [6.07, 6.45) is 0.0756. The van der Waals surface area contributed by atoms with Gasteiger partial charge >= 0.3 is 0 Å². The summed E-state index contributed by atoms with van der Waals surface area (Å²) in [6, 6.07) is 1.81. The predicted octanol–water partition coefficient (Wildman–Crippen LogP) is 1.63. The second-order valence-corrected chi connectivity index (χ2v) is 3.57. The quantitative estimate of drug-likeness (QED) is 0.687. The SMILES string of the molecule is NC(=O)CC#Cc1ccsc1Cl. The highest BCUT2D eigenvalue weighted by molar-refractivity contribution is 7.14. The number of primary amides is 1. The molecule has 0 aliphatic rings. The largest absolute Gasteiger partial charge is 0.369 e. The summed E-state index contributed by atoms with van der Waals surface area (Å²) in [7, 11) is 0. The van der Waals surface area contributed by atoms with Gasteiger partial charge in [-0.2, -0.15) is 0 Å². The van der Waals surface area contributed by atoms with Crippen LogP contribution in [0.5, 0.6) is 0 Å².